The highest BCUT2D eigenvalue weighted by atomic mass is 19.1. The van der Waals surface area contributed by atoms with E-state index in [9.17, 15) is 9.50 Å². The largest absolute Gasteiger partial charge is 0.505 e. The summed E-state index contributed by atoms with van der Waals surface area (Å²) >= 11 is 0. The molecule has 1 aromatic carbocycles. The van der Waals surface area contributed by atoms with Crippen LogP contribution in [0.4, 0.5) is 4.39 Å². The van der Waals surface area contributed by atoms with E-state index in [0.717, 1.165) is 37.8 Å². The Hall–Kier alpha value is -1.90. The van der Waals surface area contributed by atoms with E-state index in [1.807, 2.05) is 13.0 Å². The average Bonchev–Trinajstić information content (AvgIpc) is 2.48. The van der Waals surface area contributed by atoms with Gasteiger partial charge in [0.2, 0.25) is 0 Å². The third kappa shape index (κ3) is 3.60. The normalized spacial score (nSPS) is 17.2. The molecule has 1 saturated heterocycles. The van der Waals surface area contributed by atoms with Crippen molar-refractivity contribution in [1.29, 1.82) is 5.26 Å². The Bertz CT molecular complexity index is 574. The number of phenolic OH excluding ortho intramolecular Hbond substituents is 1. The van der Waals surface area contributed by atoms with Crippen molar-refractivity contribution in [2.75, 3.05) is 26.2 Å². The zero-order valence-electron chi connectivity index (χ0n) is 12.2. The summed E-state index contributed by atoms with van der Waals surface area (Å²) in [5, 5.41) is 22.4. The Morgan fingerprint density at radius 3 is 2.76 bits per heavy atom. The number of rotatable bonds is 4. The zero-order chi connectivity index (χ0) is 15.4. The number of benzene rings is 1. The minimum Gasteiger partial charge on any atom is -0.505 e. The molecule has 1 atom stereocenters. The van der Waals surface area contributed by atoms with Crippen molar-refractivity contribution >= 4 is 0 Å². The maximum absolute atomic E-state index is 13.8. The van der Waals surface area contributed by atoms with Crippen LogP contribution in [0.15, 0.2) is 24.3 Å². The number of aromatic hydroxyl groups is 1. The second kappa shape index (κ2) is 6.70. The molecule has 1 fully saturated rings. The molecule has 1 aliphatic rings. The Kier molecular flexibility index (Phi) is 4.94. The van der Waals surface area contributed by atoms with E-state index < -0.39 is 5.82 Å². The highest BCUT2D eigenvalue weighted by molar-refractivity contribution is 5.44. The average molecular weight is 289 g/mol. The first-order valence-corrected chi connectivity index (χ1v) is 7.04. The fraction of sp³-hybridized carbons (Fsp3) is 0.438. The fourth-order valence-corrected chi connectivity index (χ4v) is 2.70. The molecule has 0 bridgehead atoms. The van der Waals surface area contributed by atoms with E-state index in [1.165, 1.54) is 0 Å². The van der Waals surface area contributed by atoms with Gasteiger partial charge in [-0.3, -0.25) is 4.90 Å². The van der Waals surface area contributed by atoms with Crippen LogP contribution in [0.25, 0.3) is 0 Å². The van der Waals surface area contributed by atoms with Crippen LogP contribution in [-0.2, 0) is 0 Å². The fourth-order valence-electron chi connectivity index (χ4n) is 2.70. The van der Waals surface area contributed by atoms with Gasteiger partial charge in [0.1, 0.15) is 0 Å². The number of halogens is 1. The van der Waals surface area contributed by atoms with Crippen molar-refractivity contribution in [1.82, 2.24) is 10.2 Å². The van der Waals surface area contributed by atoms with Crippen molar-refractivity contribution in [3.8, 4) is 11.8 Å². The summed E-state index contributed by atoms with van der Waals surface area (Å²) in [5.41, 5.74) is 1.65. The van der Waals surface area contributed by atoms with Crippen LogP contribution in [-0.4, -0.2) is 36.2 Å². The lowest BCUT2D eigenvalue weighted by molar-refractivity contribution is 0.169. The van der Waals surface area contributed by atoms with E-state index in [2.05, 4.69) is 16.8 Å². The predicted octanol–water partition coefficient (Wildman–Crippen LogP) is 2.32. The van der Waals surface area contributed by atoms with Crippen LogP contribution in [0.2, 0.25) is 0 Å². The number of hydrogen-bond donors (Lipinski definition) is 2. The van der Waals surface area contributed by atoms with Crippen molar-refractivity contribution in [3.05, 3.63) is 41.2 Å². The third-order valence-electron chi connectivity index (χ3n) is 3.72. The van der Waals surface area contributed by atoms with Crippen LogP contribution in [0.5, 0.6) is 5.75 Å². The molecular formula is C16H20FN3O. The molecule has 1 heterocycles. The maximum atomic E-state index is 13.8. The molecule has 2 rings (SSSR count). The zero-order valence-corrected chi connectivity index (χ0v) is 12.2. The first kappa shape index (κ1) is 15.5. The molecule has 2 N–H and O–H groups in total. The number of piperazine rings is 1. The van der Waals surface area contributed by atoms with Gasteiger partial charge in [-0.25, -0.2) is 4.39 Å². The summed E-state index contributed by atoms with van der Waals surface area (Å²) in [6, 6.07) is 4.42. The molecule has 0 aliphatic carbocycles. The summed E-state index contributed by atoms with van der Waals surface area (Å²) in [4.78, 5) is 2.20. The second-order valence-electron chi connectivity index (χ2n) is 5.47. The standard InChI is InChI=1S/C16H20FN3O/c1-11(2)7-15(20-5-3-19-4-6-20)13-8-12(10-18)9-14(17)16(13)21/h8-9,15,19,21H,1,3-7H2,2H3/t15-/m0/s1. The van der Waals surface area contributed by atoms with Gasteiger partial charge >= 0.3 is 0 Å². The van der Waals surface area contributed by atoms with Gasteiger partial charge in [-0.2, -0.15) is 5.26 Å². The minimum atomic E-state index is -0.745. The number of nitrogens with one attached hydrogen (secondary N) is 1. The number of nitrogens with zero attached hydrogens (tertiary/aromatic N) is 2. The lowest BCUT2D eigenvalue weighted by Crippen LogP contribution is -2.45. The van der Waals surface area contributed by atoms with Gasteiger partial charge in [0.15, 0.2) is 11.6 Å². The molecule has 1 aromatic rings. The molecular weight excluding hydrogens is 269 g/mol. The Balaban J connectivity index is 2.42. The van der Waals surface area contributed by atoms with Gasteiger partial charge < -0.3 is 10.4 Å². The Labute approximate surface area is 124 Å². The Morgan fingerprint density at radius 2 is 2.19 bits per heavy atom. The molecule has 4 nitrogen and oxygen atoms in total. The molecule has 0 radical (unpaired) electrons. The SMILES string of the molecule is C=C(C)C[C@@H](c1cc(C#N)cc(F)c1O)N1CCNCC1. The molecule has 5 heteroatoms. The second-order valence-corrected chi connectivity index (χ2v) is 5.47. The van der Waals surface area contributed by atoms with Gasteiger partial charge in [0.25, 0.3) is 0 Å². The van der Waals surface area contributed by atoms with E-state index in [-0.39, 0.29) is 17.4 Å². The Morgan fingerprint density at radius 1 is 1.52 bits per heavy atom. The van der Waals surface area contributed by atoms with Gasteiger partial charge in [-0.1, -0.05) is 5.57 Å². The summed E-state index contributed by atoms with van der Waals surface area (Å²) in [7, 11) is 0. The van der Waals surface area contributed by atoms with Crippen molar-refractivity contribution in [3.63, 3.8) is 0 Å². The summed E-state index contributed by atoms with van der Waals surface area (Å²) in [6.07, 6.45) is 0.627. The first-order valence-electron chi connectivity index (χ1n) is 7.04. The van der Waals surface area contributed by atoms with Crippen LogP contribution in [0, 0.1) is 17.1 Å². The molecule has 21 heavy (non-hydrogen) atoms. The smallest absolute Gasteiger partial charge is 0.166 e. The van der Waals surface area contributed by atoms with Crippen LogP contribution in [0.1, 0.15) is 30.5 Å². The quantitative estimate of drug-likeness (QED) is 0.835. The lowest BCUT2D eigenvalue weighted by Gasteiger charge is -2.35. The van der Waals surface area contributed by atoms with E-state index in [4.69, 9.17) is 5.26 Å². The third-order valence-corrected chi connectivity index (χ3v) is 3.72. The summed E-state index contributed by atoms with van der Waals surface area (Å²) in [6.45, 7) is 9.18. The molecule has 0 aromatic heterocycles. The monoisotopic (exact) mass is 289 g/mol. The number of hydrogen-bond acceptors (Lipinski definition) is 4. The van der Waals surface area contributed by atoms with Crippen molar-refractivity contribution < 1.29 is 9.50 Å². The van der Waals surface area contributed by atoms with Crippen LogP contribution >= 0.6 is 0 Å². The summed E-state index contributed by atoms with van der Waals surface area (Å²) in [5.74, 6) is -1.11. The summed E-state index contributed by atoms with van der Waals surface area (Å²) < 4.78 is 13.8. The molecule has 1 aliphatic heterocycles. The van der Waals surface area contributed by atoms with E-state index >= 15 is 0 Å². The number of nitriles is 1. The minimum absolute atomic E-state index is 0.160. The van der Waals surface area contributed by atoms with Crippen LogP contribution < -0.4 is 5.32 Å². The predicted molar refractivity (Wildman–Crippen MR) is 79.4 cm³/mol. The van der Waals surface area contributed by atoms with Crippen molar-refractivity contribution in [2.24, 2.45) is 0 Å². The van der Waals surface area contributed by atoms with Crippen LogP contribution in [0.3, 0.4) is 0 Å². The topological polar surface area (TPSA) is 59.3 Å². The molecule has 0 amide bonds. The first-order chi connectivity index (χ1) is 10.0. The van der Waals surface area contributed by atoms with E-state index in [1.54, 1.807) is 6.07 Å². The van der Waals surface area contributed by atoms with Gasteiger partial charge in [0, 0.05) is 37.8 Å². The van der Waals surface area contributed by atoms with Gasteiger partial charge in [-0.15, -0.1) is 6.58 Å². The molecule has 0 spiro atoms. The van der Waals surface area contributed by atoms with Crippen molar-refractivity contribution in [2.45, 2.75) is 19.4 Å². The maximum Gasteiger partial charge on any atom is 0.166 e. The highest BCUT2D eigenvalue weighted by Gasteiger charge is 2.26. The lowest BCUT2D eigenvalue weighted by atomic mass is 9.95. The molecule has 0 saturated carbocycles. The number of phenols is 1. The van der Waals surface area contributed by atoms with Gasteiger partial charge in [-0.05, 0) is 25.5 Å². The van der Waals surface area contributed by atoms with E-state index in [0.29, 0.717) is 12.0 Å². The highest BCUT2D eigenvalue weighted by Crippen LogP contribution is 2.35. The van der Waals surface area contributed by atoms with Gasteiger partial charge in [0.05, 0.1) is 11.6 Å². The molecule has 0 unspecified atom stereocenters. The molecule has 112 valence electrons.